The van der Waals surface area contributed by atoms with Crippen molar-refractivity contribution in [2.24, 2.45) is 5.92 Å². The van der Waals surface area contributed by atoms with Gasteiger partial charge in [-0.1, -0.05) is 6.92 Å². The number of methoxy groups -OCH3 is 1. The standard InChI is InChI=1S/C12H27NO2/c1-7-15-12(3,4)11(13-5)10(2)8-9-14-6/h10-11,13H,7-9H2,1-6H3. The second kappa shape index (κ2) is 7.20. The molecule has 2 atom stereocenters. The number of hydrogen-bond donors (Lipinski definition) is 1. The number of ether oxygens (including phenoxy) is 2. The molecule has 2 unspecified atom stereocenters. The zero-order valence-corrected chi connectivity index (χ0v) is 11.1. The summed E-state index contributed by atoms with van der Waals surface area (Å²) >= 11 is 0. The van der Waals surface area contributed by atoms with E-state index in [1.807, 2.05) is 14.0 Å². The van der Waals surface area contributed by atoms with Crippen LogP contribution in [0.2, 0.25) is 0 Å². The molecule has 0 amide bonds. The molecule has 0 heterocycles. The normalized spacial score (nSPS) is 16.4. The van der Waals surface area contributed by atoms with Gasteiger partial charge in [-0.15, -0.1) is 0 Å². The van der Waals surface area contributed by atoms with E-state index in [2.05, 4.69) is 26.1 Å². The Bertz CT molecular complexity index is 160. The fraction of sp³-hybridized carbons (Fsp3) is 1.00. The van der Waals surface area contributed by atoms with Gasteiger partial charge < -0.3 is 14.8 Å². The van der Waals surface area contributed by atoms with E-state index in [0.29, 0.717) is 12.0 Å². The summed E-state index contributed by atoms with van der Waals surface area (Å²) in [6.07, 6.45) is 1.05. The van der Waals surface area contributed by atoms with Crippen molar-refractivity contribution in [2.45, 2.75) is 45.8 Å². The quantitative estimate of drug-likeness (QED) is 0.675. The van der Waals surface area contributed by atoms with Crippen LogP contribution in [0.4, 0.5) is 0 Å². The zero-order valence-electron chi connectivity index (χ0n) is 11.1. The van der Waals surface area contributed by atoms with Gasteiger partial charge in [0.05, 0.1) is 5.60 Å². The van der Waals surface area contributed by atoms with Crippen LogP contribution in [-0.4, -0.2) is 39.0 Å². The minimum absolute atomic E-state index is 0.128. The fourth-order valence-corrected chi connectivity index (χ4v) is 2.25. The van der Waals surface area contributed by atoms with Crippen molar-refractivity contribution in [2.75, 3.05) is 27.4 Å². The van der Waals surface area contributed by atoms with Gasteiger partial charge >= 0.3 is 0 Å². The van der Waals surface area contributed by atoms with Crippen LogP contribution in [0.3, 0.4) is 0 Å². The third-order valence-corrected chi connectivity index (χ3v) is 2.92. The Labute approximate surface area is 94.5 Å². The van der Waals surface area contributed by atoms with Crippen molar-refractivity contribution in [3.05, 3.63) is 0 Å². The molecule has 0 saturated heterocycles. The highest BCUT2D eigenvalue weighted by molar-refractivity contribution is 4.88. The predicted octanol–water partition coefficient (Wildman–Crippen LogP) is 2.06. The van der Waals surface area contributed by atoms with E-state index >= 15 is 0 Å². The molecule has 0 aromatic heterocycles. The lowest BCUT2D eigenvalue weighted by atomic mass is 9.86. The van der Waals surface area contributed by atoms with E-state index in [1.165, 1.54) is 0 Å². The second-order valence-corrected chi connectivity index (χ2v) is 4.56. The third kappa shape index (κ3) is 4.96. The van der Waals surface area contributed by atoms with Crippen LogP contribution >= 0.6 is 0 Å². The molecule has 3 heteroatoms. The Morgan fingerprint density at radius 2 is 1.93 bits per heavy atom. The largest absolute Gasteiger partial charge is 0.385 e. The molecular formula is C12H27NO2. The smallest absolute Gasteiger partial charge is 0.0781 e. The first kappa shape index (κ1) is 14.9. The van der Waals surface area contributed by atoms with Gasteiger partial charge in [0.2, 0.25) is 0 Å². The van der Waals surface area contributed by atoms with Crippen LogP contribution < -0.4 is 5.32 Å². The van der Waals surface area contributed by atoms with E-state index < -0.39 is 0 Å². The summed E-state index contributed by atoms with van der Waals surface area (Å²) in [7, 11) is 3.74. The van der Waals surface area contributed by atoms with E-state index in [4.69, 9.17) is 9.47 Å². The monoisotopic (exact) mass is 217 g/mol. The molecule has 0 bridgehead atoms. The Balaban J connectivity index is 4.31. The van der Waals surface area contributed by atoms with Gasteiger partial charge in [-0.2, -0.15) is 0 Å². The molecule has 0 aliphatic heterocycles. The molecule has 0 aromatic carbocycles. The van der Waals surface area contributed by atoms with Crippen LogP contribution in [0.5, 0.6) is 0 Å². The predicted molar refractivity (Wildman–Crippen MR) is 64.2 cm³/mol. The van der Waals surface area contributed by atoms with Gasteiger partial charge in [-0.05, 0) is 40.2 Å². The van der Waals surface area contributed by atoms with E-state index in [1.54, 1.807) is 7.11 Å². The number of rotatable bonds is 8. The molecule has 0 aromatic rings. The number of likely N-dealkylation sites (N-methyl/N-ethyl adjacent to an activating group) is 1. The molecule has 3 nitrogen and oxygen atoms in total. The molecule has 15 heavy (non-hydrogen) atoms. The van der Waals surface area contributed by atoms with E-state index in [-0.39, 0.29) is 5.60 Å². The average molecular weight is 217 g/mol. The van der Waals surface area contributed by atoms with Crippen LogP contribution in [0.1, 0.15) is 34.1 Å². The summed E-state index contributed by atoms with van der Waals surface area (Å²) in [6.45, 7) is 10.1. The Morgan fingerprint density at radius 1 is 1.33 bits per heavy atom. The van der Waals surface area contributed by atoms with E-state index in [9.17, 15) is 0 Å². The summed E-state index contributed by atoms with van der Waals surface area (Å²) < 4.78 is 10.9. The van der Waals surface area contributed by atoms with E-state index in [0.717, 1.165) is 19.6 Å². The average Bonchev–Trinajstić information content (AvgIpc) is 2.15. The van der Waals surface area contributed by atoms with Crippen molar-refractivity contribution in [1.29, 1.82) is 0 Å². The fourth-order valence-electron chi connectivity index (χ4n) is 2.25. The molecule has 0 fully saturated rings. The second-order valence-electron chi connectivity index (χ2n) is 4.56. The van der Waals surface area contributed by atoms with Crippen LogP contribution in [0.25, 0.3) is 0 Å². The zero-order chi connectivity index (χ0) is 11.9. The van der Waals surface area contributed by atoms with Crippen molar-refractivity contribution in [3.63, 3.8) is 0 Å². The first-order valence-corrected chi connectivity index (χ1v) is 5.79. The highest BCUT2D eigenvalue weighted by Crippen LogP contribution is 2.23. The maximum atomic E-state index is 5.78. The van der Waals surface area contributed by atoms with Gasteiger partial charge in [-0.25, -0.2) is 0 Å². The lowest BCUT2D eigenvalue weighted by Gasteiger charge is -2.38. The van der Waals surface area contributed by atoms with Crippen LogP contribution in [0, 0.1) is 5.92 Å². The highest BCUT2D eigenvalue weighted by atomic mass is 16.5. The third-order valence-electron chi connectivity index (χ3n) is 2.92. The number of nitrogens with one attached hydrogen (secondary N) is 1. The Kier molecular flexibility index (Phi) is 7.14. The Morgan fingerprint density at radius 3 is 2.33 bits per heavy atom. The van der Waals surface area contributed by atoms with Gasteiger partial charge in [-0.3, -0.25) is 0 Å². The molecule has 0 rings (SSSR count). The maximum absolute atomic E-state index is 5.78. The molecule has 0 aliphatic rings. The van der Waals surface area contributed by atoms with Crippen molar-refractivity contribution >= 4 is 0 Å². The van der Waals surface area contributed by atoms with Gasteiger partial charge in [0.25, 0.3) is 0 Å². The minimum atomic E-state index is -0.128. The van der Waals surface area contributed by atoms with Gasteiger partial charge in [0.15, 0.2) is 0 Å². The molecule has 92 valence electrons. The minimum Gasteiger partial charge on any atom is -0.385 e. The SMILES string of the molecule is CCOC(C)(C)C(NC)C(C)CCOC. The summed E-state index contributed by atoms with van der Waals surface area (Å²) in [5.41, 5.74) is -0.128. The molecule has 0 radical (unpaired) electrons. The molecule has 0 aliphatic carbocycles. The first-order chi connectivity index (χ1) is 6.99. The summed E-state index contributed by atoms with van der Waals surface area (Å²) in [6, 6.07) is 0.354. The molecule has 0 saturated carbocycles. The maximum Gasteiger partial charge on any atom is 0.0781 e. The van der Waals surface area contributed by atoms with Crippen molar-refractivity contribution in [3.8, 4) is 0 Å². The van der Waals surface area contributed by atoms with Crippen LogP contribution in [0.15, 0.2) is 0 Å². The van der Waals surface area contributed by atoms with Crippen molar-refractivity contribution < 1.29 is 9.47 Å². The summed E-state index contributed by atoms with van der Waals surface area (Å²) in [5.74, 6) is 0.538. The summed E-state index contributed by atoms with van der Waals surface area (Å²) in [5, 5.41) is 3.36. The lowest BCUT2D eigenvalue weighted by Crippen LogP contribution is -2.51. The topological polar surface area (TPSA) is 30.5 Å². The molecule has 0 spiro atoms. The van der Waals surface area contributed by atoms with Crippen LogP contribution in [-0.2, 0) is 9.47 Å². The lowest BCUT2D eigenvalue weighted by molar-refractivity contribution is -0.0518. The summed E-state index contributed by atoms with van der Waals surface area (Å²) in [4.78, 5) is 0. The highest BCUT2D eigenvalue weighted by Gasteiger charge is 2.32. The van der Waals surface area contributed by atoms with Gasteiger partial charge in [0.1, 0.15) is 0 Å². The first-order valence-electron chi connectivity index (χ1n) is 5.79. The van der Waals surface area contributed by atoms with Crippen molar-refractivity contribution in [1.82, 2.24) is 5.32 Å². The Hall–Kier alpha value is -0.120. The number of hydrogen-bond acceptors (Lipinski definition) is 3. The molecule has 1 N–H and O–H groups in total. The van der Waals surface area contributed by atoms with Gasteiger partial charge in [0, 0.05) is 26.4 Å². The molecular weight excluding hydrogens is 190 g/mol.